The Kier molecular flexibility index (Phi) is 4.99. The van der Waals surface area contributed by atoms with Crippen molar-refractivity contribution in [1.29, 1.82) is 0 Å². The number of rotatable bonds is 5. The Balaban J connectivity index is 1.50. The summed E-state index contributed by atoms with van der Waals surface area (Å²) in [5.41, 5.74) is 2.41. The largest absolute Gasteiger partial charge is 0.371 e. The number of anilines is 1. The molecule has 5 nitrogen and oxygen atoms in total. The van der Waals surface area contributed by atoms with Crippen LogP contribution in [0.2, 0.25) is 0 Å². The summed E-state index contributed by atoms with van der Waals surface area (Å²) in [5.74, 6) is 0.332. The van der Waals surface area contributed by atoms with Crippen molar-refractivity contribution in [2.45, 2.75) is 19.9 Å². The molecule has 1 aliphatic rings. The van der Waals surface area contributed by atoms with Gasteiger partial charge in [-0.2, -0.15) is 0 Å². The summed E-state index contributed by atoms with van der Waals surface area (Å²) in [6.07, 6.45) is 2.71. The average Bonchev–Trinajstić information content (AvgIpc) is 3.04. The number of carbonyl (C=O) groups is 1. The molecule has 1 aliphatic heterocycles. The van der Waals surface area contributed by atoms with Crippen LogP contribution in [0.15, 0.2) is 53.5 Å². The first-order chi connectivity index (χ1) is 11.6. The van der Waals surface area contributed by atoms with Gasteiger partial charge in [0.1, 0.15) is 6.54 Å². The molecule has 0 spiro atoms. The van der Waals surface area contributed by atoms with E-state index in [-0.39, 0.29) is 18.0 Å². The van der Waals surface area contributed by atoms with E-state index in [0.717, 1.165) is 19.5 Å². The summed E-state index contributed by atoms with van der Waals surface area (Å²) >= 11 is 0. The Hall–Kier alpha value is -2.56. The first-order valence-electron chi connectivity index (χ1n) is 8.36. The Bertz CT molecular complexity index is 769. The van der Waals surface area contributed by atoms with Gasteiger partial charge in [0, 0.05) is 37.6 Å². The summed E-state index contributed by atoms with van der Waals surface area (Å²) < 4.78 is 1.42. The SMILES string of the molecule is Cc1ccccc1N1CC[C@H](CNC(=O)Cn2ccccc2=O)C1. The van der Waals surface area contributed by atoms with Crippen LogP contribution in [0.25, 0.3) is 0 Å². The average molecular weight is 325 g/mol. The van der Waals surface area contributed by atoms with Gasteiger partial charge < -0.3 is 14.8 Å². The third-order valence-electron chi connectivity index (χ3n) is 4.54. The van der Waals surface area contributed by atoms with Crippen LogP contribution >= 0.6 is 0 Å². The Morgan fingerprint density at radius 1 is 1.21 bits per heavy atom. The Labute approximate surface area is 141 Å². The van der Waals surface area contributed by atoms with Crippen LogP contribution in [0.5, 0.6) is 0 Å². The van der Waals surface area contributed by atoms with Crippen molar-refractivity contribution in [3.05, 3.63) is 64.6 Å². The minimum absolute atomic E-state index is 0.0773. The molecule has 2 heterocycles. The first-order valence-corrected chi connectivity index (χ1v) is 8.36. The number of hydrogen-bond donors (Lipinski definition) is 1. The second-order valence-corrected chi connectivity index (χ2v) is 6.36. The molecule has 3 rings (SSSR count). The monoisotopic (exact) mass is 325 g/mol. The normalized spacial score (nSPS) is 17.0. The van der Waals surface area contributed by atoms with Gasteiger partial charge in [-0.15, -0.1) is 0 Å². The van der Waals surface area contributed by atoms with Crippen molar-refractivity contribution in [3.8, 4) is 0 Å². The molecule has 5 heteroatoms. The van der Waals surface area contributed by atoms with Crippen molar-refractivity contribution < 1.29 is 4.79 Å². The van der Waals surface area contributed by atoms with Gasteiger partial charge in [0.05, 0.1) is 0 Å². The zero-order valence-electron chi connectivity index (χ0n) is 13.9. The van der Waals surface area contributed by atoms with E-state index in [2.05, 4.69) is 41.4 Å². The molecule has 0 saturated carbocycles. The van der Waals surface area contributed by atoms with Gasteiger partial charge in [0.15, 0.2) is 0 Å². The molecule has 0 unspecified atom stereocenters. The smallest absolute Gasteiger partial charge is 0.250 e. The van der Waals surface area contributed by atoms with Crippen LogP contribution in [0.3, 0.4) is 0 Å². The highest BCUT2D eigenvalue weighted by atomic mass is 16.2. The molecule has 0 bridgehead atoms. The summed E-state index contributed by atoms with van der Waals surface area (Å²) in [6.45, 7) is 4.83. The van der Waals surface area contributed by atoms with E-state index in [1.807, 2.05) is 0 Å². The summed E-state index contributed by atoms with van der Waals surface area (Å²) in [5, 5.41) is 2.96. The molecule has 1 fully saturated rings. The second kappa shape index (κ2) is 7.34. The van der Waals surface area contributed by atoms with Crippen LogP contribution < -0.4 is 15.8 Å². The van der Waals surface area contributed by atoms with E-state index < -0.39 is 0 Å². The molecule has 24 heavy (non-hydrogen) atoms. The summed E-state index contributed by atoms with van der Waals surface area (Å²) in [6, 6.07) is 13.3. The third-order valence-corrected chi connectivity index (χ3v) is 4.54. The third kappa shape index (κ3) is 3.85. The van der Waals surface area contributed by atoms with E-state index in [1.54, 1.807) is 18.3 Å². The van der Waals surface area contributed by atoms with Gasteiger partial charge >= 0.3 is 0 Å². The minimum Gasteiger partial charge on any atom is -0.371 e. The molecular weight excluding hydrogens is 302 g/mol. The maximum atomic E-state index is 12.0. The molecule has 1 N–H and O–H groups in total. The number of para-hydroxylation sites is 1. The van der Waals surface area contributed by atoms with E-state index in [9.17, 15) is 9.59 Å². The van der Waals surface area contributed by atoms with Crippen molar-refractivity contribution in [2.24, 2.45) is 5.92 Å². The number of nitrogens with zero attached hydrogens (tertiary/aromatic N) is 2. The van der Waals surface area contributed by atoms with Crippen LogP contribution in [-0.2, 0) is 11.3 Å². The topological polar surface area (TPSA) is 54.3 Å². The number of benzene rings is 1. The Morgan fingerprint density at radius 2 is 2.00 bits per heavy atom. The molecule has 1 atom stereocenters. The van der Waals surface area contributed by atoms with Crippen LogP contribution in [0.1, 0.15) is 12.0 Å². The number of amides is 1. The molecular formula is C19H23N3O2. The van der Waals surface area contributed by atoms with Gasteiger partial charge in [-0.1, -0.05) is 24.3 Å². The van der Waals surface area contributed by atoms with Gasteiger partial charge in [0.25, 0.3) is 5.56 Å². The predicted octanol–water partition coefficient (Wildman–Crippen LogP) is 1.80. The van der Waals surface area contributed by atoms with Gasteiger partial charge in [-0.25, -0.2) is 0 Å². The molecule has 0 aliphatic carbocycles. The summed E-state index contributed by atoms with van der Waals surface area (Å²) in [7, 11) is 0. The maximum Gasteiger partial charge on any atom is 0.250 e. The highest BCUT2D eigenvalue weighted by molar-refractivity contribution is 5.75. The molecule has 1 aromatic carbocycles. The highest BCUT2D eigenvalue weighted by Gasteiger charge is 2.23. The van der Waals surface area contributed by atoms with Crippen LogP contribution in [0.4, 0.5) is 5.69 Å². The van der Waals surface area contributed by atoms with Gasteiger partial charge in [-0.05, 0) is 37.0 Å². The van der Waals surface area contributed by atoms with Crippen molar-refractivity contribution in [3.63, 3.8) is 0 Å². The van der Waals surface area contributed by atoms with Crippen molar-refractivity contribution in [1.82, 2.24) is 9.88 Å². The lowest BCUT2D eigenvalue weighted by molar-refractivity contribution is -0.121. The number of pyridine rings is 1. The fourth-order valence-electron chi connectivity index (χ4n) is 3.20. The lowest BCUT2D eigenvalue weighted by atomic mass is 10.1. The molecule has 126 valence electrons. The molecule has 1 amide bonds. The van der Waals surface area contributed by atoms with E-state index in [0.29, 0.717) is 12.5 Å². The van der Waals surface area contributed by atoms with E-state index >= 15 is 0 Å². The standard InChI is InChI=1S/C19H23N3O2/c1-15-6-2-3-7-17(15)21-11-9-16(13-21)12-20-18(23)14-22-10-5-4-8-19(22)24/h2-8,10,16H,9,11-14H2,1H3,(H,20,23)/t16-/m1/s1. The maximum absolute atomic E-state index is 12.0. The minimum atomic E-state index is -0.153. The highest BCUT2D eigenvalue weighted by Crippen LogP contribution is 2.26. The zero-order chi connectivity index (χ0) is 16.9. The number of nitrogens with one attached hydrogen (secondary N) is 1. The fourth-order valence-corrected chi connectivity index (χ4v) is 3.20. The van der Waals surface area contributed by atoms with Gasteiger partial charge in [-0.3, -0.25) is 9.59 Å². The Morgan fingerprint density at radius 3 is 2.79 bits per heavy atom. The molecule has 1 saturated heterocycles. The first kappa shape index (κ1) is 16.3. The van der Waals surface area contributed by atoms with Crippen LogP contribution in [0, 0.1) is 12.8 Å². The number of hydrogen-bond acceptors (Lipinski definition) is 3. The quantitative estimate of drug-likeness (QED) is 0.912. The number of aromatic nitrogens is 1. The second-order valence-electron chi connectivity index (χ2n) is 6.36. The lowest BCUT2D eigenvalue weighted by Crippen LogP contribution is -2.35. The molecule has 1 aromatic heterocycles. The van der Waals surface area contributed by atoms with Crippen molar-refractivity contribution >= 4 is 11.6 Å². The number of aryl methyl sites for hydroxylation is 1. The zero-order valence-corrected chi connectivity index (χ0v) is 13.9. The predicted molar refractivity (Wildman–Crippen MR) is 95.2 cm³/mol. The lowest BCUT2D eigenvalue weighted by Gasteiger charge is -2.21. The fraction of sp³-hybridized carbons (Fsp3) is 0.368. The van der Waals surface area contributed by atoms with Gasteiger partial charge in [0.2, 0.25) is 5.91 Å². The number of carbonyl (C=O) groups excluding carboxylic acids is 1. The van der Waals surface area contributed by atoms with E-state index in [4.69, 9.17) is 0 Å². The summed E-state index contributed by atoms with van der Waals surface area (Å²) in [4.78, 5) is 26.0. The van der Waals surface area contributed by atoms with Crippen LogP contribution in [-0.4, -0.2) is 30.1 Å². The molecule has 0 radical (unpaired) electrons. The van der Waals surface area contributed by atoms with E-state index in [1.165, 1.54) is 21.9 Å². The van der Waals surface area contributed by atoms with Crippen molar-refractivity contribution in [2.75, 3.05) is 24.5 Å². The molecule has 2 aromatic rings.